The molecule has 0 saturated heterocycles. The van der Waals surface area contributed by atoms with Gasteiger partial charge in [0, 0.05) is 4.47 Å². The van der Waals surface area contributed by atoms with Gasteiger partial charge in [-0.15, -0.1) is 0 Å². The molecule has 0 aliphatic carbocycles. The highest BCUT2D eigenvalue weighted by Crippen LogP contribution is 2.28. The molecule has 9 heteroatoms. The van der Waals surface area contributed by atoms with E-state index in [-0.39, 0.29) is 5.69 Å². The number of anilines is 1. The van der Waals surface area contributed by atoms with E-state index < -0.39 is 22.4 Å². The van der Waals surface area contributed by atoms with E-state index in [0.29, 0.717) is 10.2 Å². The predicted octanol–water partition coefficient (Wildman–Crippen LogP) is 2.25. The summed E-state index contributed by atoms with van der Waals surface area (Å²) in [6.45, 7) is 3.22. The topological polar surface area (TPSA) is 93.7 Å². The molecule has 1 aromatic rings. The van der Waals surface area contributed by atoms with Gasteiger partial charge >= 0.3 is 16.3 Å². The minimum atomic E-state index is -4.10. The van der Waals surface area contributed by atoms with Crippen LogP contribution in [0.2, 0.25) is 0 Å². The van der Waals surface area contributed by atoms with Crippen LogP contribution in [0.4, 0.5) is 10.5 Å². The number of rotatable bonds is 5. The summed E-state index contributed by atoms with van der Waals surface area (Å²) < 4.78 is 37.9. The fraction of sp³-hybridized carbons (Fsp3) is 0.364. The maximum absolute atomic E-state index is 11.8. The Morgan fingerprint density at radius 3 is 2.55 bits per heavy atom. The lowest BCUT2D eigenvalue weighted by Gasteiger charge is -2.13. The average Bonchev–Trinajstić information content (AvgIpc) is 2.26. The molecule has 0 aliphatic heterocycles. The average molecular weight is 367 g/mol. The van der Waals surface area contributed by atoms with Gasteiger partial charge in [-0.3, -0.25) is 4.72 Å². The lowest BCUT2D eigenvalue weighted by Crippen LogP contribution is -2.36. The summed E-state index contributed by atoms with van der Waals surface area (Å²) >= 11 is 3.21. The molecule has 112 valence electrons. The number of amides is 1. The van der Waals surface area contributed by atoms with Crippen LogP contribution in [-0.2, 0) is 14.9 Å². The molecule has 2 N–H and O–H groups in total. The van der Waals surface area contributed by atoms with Gasteiger partial charge in [-0.25, -0.2) is 9.52 Å². The van der Waals surface area contributed by atoms with Crippen LogP contribution in [0.1, 0.15) is 13.8 Å². The second-order valence-electron chi connectivity index (χ2n) is 4.01. The number of carbonyl (C=O) groups is 1. The zero-order valence-electron chi connectivity index (χ0n) is 11.1. The van der Waals surface area contributed by atoms with Crippen LogP contribution in [-0.4, -0.2) is 27.7 Å². The molecule has 1 amide bonds. The molecule has 1 rings (SSSR count). The van der Waals surface area contributed by atoms with Gasteiger partial charge in [-0.2, -0.15) is 8.42 Å². The molecular formula is C11H15BrN2O5S. The summed E-state index contributed by atoms with van der Waals surface area (Å²) in [6.07, 6.45) is -1.48. The fourth-order valence-corrected chi connectivity index (χ4v) is 2.41. The smallest absolute Gasteiger partial charge is 0.422 e. The minimum Gasteiger partial charge on any atom is -0.495 e. The van der Waals surface area contributed by atoms with Gasteiger partial charge < -0.3 is 9.47 Å². The number of nitrogens with one attached hydrogen (secondary N) is 2. The summed E-state index contributed by atoms with van der Waals surface area (Å²) in [6, 6.07) is 4.78. The van der Waals surface area contributed by atoms with Gasteiger partial charge in [-0.05, 0) is 32.0 Å². The highest BCUT2D eigenvalue weighted by Gasteiger charge is 2.18. The summed E-state index contributed by atoms with van der Waals surface area (Å²) in [7, 11) is -2.70. The zero-order chi connectivity index (χ0) is 15.3. The molecular weight excluding hydrogens is 352 g/mol. The van der Waals surface area contributed by atoms with Crippen molar-refractivity contribution < 1.29 is 22.7 Å². The molecule has 0 aromatic heterocycles. The van der Waals surface area contributed by atoms with E-state index in [2.05, 4.69) is 20.7 Å². The van der Waals surface area contributed by atoms with Crippen molar-refractivity contribution in [3.63, 3.8) is 0 Å². The van der Waals surface area contributed by atoms with Crippen molar-refractivity contribution in [3.8, 4) is 5.75 Å². The number of carbonyl (C=O) groups excluding carboxylic acids is 1. The van der Waals surface area contributed by atoms with Crippen LogP contribution >= 0.6 is 15.9 Å². The van der Waals surface area contributed by atoms with E-state index >= 15 is 0 Å². The van der Waals surface area contributed by atoms with Crippen molar-refractivity contribution in [2.75, 3.05) is 11.8 Å². The van der Waals surface area contributed by atoms with Crippen molar-refractivity contribution in [2.45, 2.75) is 20.0 Å². The molecule has 0 unspecified atom stereocenters. The third kappa shape index (κ3) is 5.25. The Labute approximate surface area is 126 Å². The number of ether oxygens (including phenoxy) is 2. The lowest BCUT2D eigenvalue weighted by atomic mass is 10.3. The minimum absolute atomic E-state index is 0.187. The molecule has 0 heterocycles. The van der Waals surface area contributed by atoms with Gasteiger partial charge in [0.05, 0.1) is 18.9 Å². The van der Waals surface area contributed by atoms with E-state index in [1.54, 1.807) is 30.7 Å². The van der Waals surface area contributed by atoms with Crippen molar-refractivity contribution in [2.24, 2.45) is 0 Å². The monoisotopic (exact) mass is 366 g/mol. The SMILES string of the molecule is COc1ccc(Br)cc1NS(=O)(=O)NC(=O)OC(C)C. The highest BCUT2D eigenvalue weighted by atomic mass is 79.9. The Kier molecular flexibility index (Phi) is 5.63. The van der Waals surface area contributed by atoms with Crippen LogP contribution in [0.25, 0.3) is 0 Å². The first-order chi connectivity index (χ1) is 9.23. The van der Waals surface area contributed by atoms with Gasteiger partial charge in [0.15, 0.2) is 0 Å². The molecule has 1 aromatic carbocycles. The van der Waals surface area contributed by atoms with Crippen molar-refractivity contribution >= 4 is 37.9 Å². The number of hydrogen-bond acceptors (Lipinski definition) is 5. The van der Waals surface area contributed by atoms with E-state index in [4.69, 9.17) is 9.47 Å². The van der Waals surface area contributed by atoms with E-state index in [1.165, 1.54) is 13.2 Å². The second kappa shape index (κ2) is 6.80. The van der Waals surface area contributed by atoms with Crippen molar-refractivity contribution in [1.29, 1.82) is 0 Å². The Balaban J connectivity index is 2.86. The van der Waals surface area contributed by atoms with Gasteiger partial charge in [0.2, 0.25) is 0 Å². The van der Waals surface area contributed by atoms with Gasteiger partial charge in [-0.1, -0.05) is 15.9 Å². The summed E-state index contributed by atoms with van der Waals surface area (Å²) in [5.74, 6) is 0.316. The largest absolute Gasteiger partial charge is 0.495 e. The maximum Gasteiger partial charge on any atom is 0.422 e. The first-order valence-electron chi connectivity index (χ1n) is 5.58. The third-order valence-corrected chi connectivity index (χ3v) is 3.38. The molecule has 0 spiro atoms. The normalized spacial score (nSPS) is 11.1. The molecule has 0 radical (unpaired) electrons. The third-order valence-electron chi connectivity index (χ3n) is 1.97. The molecule has 7 nitrogen and oxygen atoms in total. The Morgan fingerprint density at radius 2 is 2.00 bits per heavy atom. The maximum atomic E-state index is 11.8. The Bertz CT molecular complexity index is 588. The van der Waals surface area contributed by atoms with Crippen molar-refractivity contribution in [3.05, 3.63) is 22.7 Å². The number of halogens is 1. The number of benzene rings is 1. The quantitative estimate of drug-likeness (QED) is 0.833. The fourth-order valence-electron chi connectivity index (χ4n) is 1.28. The molecule has 20 heavy (non-hydrogen) atoms. The summed E-state index contributed by atoms with van der Waals surface area (Å²) in [5, 5.41) is 0. The zero-order valence-corrected chi connectivity index (χ0v) is 13.5. The van der Waals surface area contributed by atoms with E-state index in [1.807, 2.05) is 0 Å². The molecule has 0 fully saturated rings. The van der Waals surface area contributed by atoms with Crippen LogP contribution in [0, 0.1) is 0 Å². The summed E-state index contributed by atoms with van der Waals surface area (Å²) in [5.41, 5.74) is 0.187. The molecule has 0 saturated carbocycles. The van der Waals surface area contributed by atoms with Crippen LogP contribution in [0.3, 0.4) is 0 Å². The predicted molar refractivity (Wildman–Crippen MR) is 78.0 cm³/mol. The highest BCUT2D eigenvalue weighted by molar-refractivity contribution is 9.10. The van der Waals surface area contributed by atoms with Gasteiger partial charge in [0.25, 0.3) is 0 Å². The van der Waals surface area contributed by atoms with Crippen LogP contribution in [0.5, 0.6) is 5.75 Å². The van der Waals surface area contributed by atoms with Crippen molar-refractivity contribution in [1.82, 2.24) is 4.72 Å². The lowest BCUT2D eigenvalue weighted by molar-refractivity contribution is 0.121. The first-order valence-corrected chi connectivity index (χ1v) is 7.86. The molecule has 0 aliphatic rings. The molecule has 0 bridgehead atoms. The van der Waals surface area contributed by atoms with Crippen LogP contribution in [0.15, 0.2) is 22.7 Å². The first kappa shape index (κ1) is 16.6. The van der Waals surface area contributed by atoms with E-state index in [9.17, 15) is 13.2 Å². The Hall–Kier alpha value is -1.48. The second-order valence-corrected chi connectivity index (χ2v) is 6.34. The van der Waals surface area contributed by atoms with E-state index in [0.717, 1.165) is 0 Å². The Morgan fingerprint density at radius 1 is 1.35 bits per heavy atom. The van der Waals surface area contributed by atoms with Crippen LogP contribution < -0.4 is 14.2 Å². The number of methoxy groups -OCH3 is 1. The standard InChI is InChI=1S/C11H15BrN2O5S/c1-7(2)19-11(15)14-20(16,17)13-9-6-8(12)4-5-10(9)18-3/h4-7,13H,1-3H3,(H,14,15). The number of hydrogen-bond donors (Lipinski definition) is 2. The molecule has 0 atom stereocenters. The summed E-state index contributed by atoms with van der Waals surface area (Å²) in [4.78, 5) is 11.3. The van der Waals surface area contributed by atoms with Gasteiger partial charge in [0.1, 0.15) is 5.75 Å².